The van der Waals surface area contributed by atoms with Crippen LogP contribution in [0, 0.1) is 0 Å². The minimum atomic E-state index is -0.881. The lowest BCUT2D eigenvalue weighted by molar-refractivity contribution is -0.123. The number of thiophene rings is 1. The summed E-state index contributed by atoms with van der Waals surface area (Å²) in [6, 6.07) is 8.77. The number of nitrogens with one attached hydrogen (secondary N) is 1. The van der Waals surface area contributed by atoms with Crippen LogP contribution in [0.1, 0.15) is 46.3 Å². The maximum Gasteiger partial charge on any atom is 0.349 e. The standard InChI is InChI=1S/C19H20ClNO3S/c1-12(18(22)21-15-8-5-7-14(20)11-15)24-19(23)17-10-13-6-3-2-4-9-16(13)25-17/h5,7-8,10-12H,2-4,6,9H2,1H3,(H,21,22)/t12-/m0/s1. The average molecular weight is 378 g/mol. The molecular weight excluding hydrogens is 358 g/mol. The molecule has 25 heavy (non-hydrogen) atoms. The van der Waals surface area contributed by atoms with Crippen LogP contribution >= 0.6 is 22.9 Å². The SMILES string of the molecule is C[C@H](OC(=O)c1cc2c(s1)CCCCC2)C(=O)Nc1cccc(Cl)c1. The van der Waals surface area contributed by atoms with E-state index in [0.29, 0.717) is 15.6 Å². The van der Waals surface area contributed by atoms with Crippen molar-refractivity contribution in [2.45, 2.75) is 45.1 Å². The molecule has 0 spiro atoms. The molecule has 1 aromatic carbocycles. The maximum atomic E-state index is 12.4. The first-order valence-corrected chi connectivity index (χ1v) is 9.61. The number of carbonyl (C=O) groups is 2. The monoisotopic (exact) mass is 377 g/mol. The molecule has 0 saturated carbocycles. The molecule has 6 heteroatoms. The predicted molar refractivity (Wildman–Crippen MR) is 101 cm³/mol. The van der Waals surface area contributed by atoms with Crippen LogP contribution in [0.5, 0.6) is 0 Å². The van der Waals surface area contributed by atoms with E-state index in [-0.39, 0.29) is 5.91 Å². The van der Waals surface area contributed by atoms with Crippen LogP contribution in [0.15, 0.2) is 30.3 Å². The van der Waals surface area contributed by atoms with Gasteiger partial charge in [0.1, 0.15) is 4.88 Å². The van der Waals surface area contributed by atoms with Crippen molar-refractivity contribution in [2.24, 2.45) is 0 Å². The largest absolute Gasteiger partial charge is 0.448 e. The zero-order valence-electron chi connectivity index (χ0n) is 14.0. The van der Waals surface area contributed by atoms with Crippen molar-refractivity contribution in [3.63, 3.8) is 0 Å². The van der Waals surface area contributed by atoms with Gasteiger partial charge in [-0.05, 0) is 62.4 Å². The second-order valence-corrected chi connectivity index (χ2v) is 7.74. The molecule has 0 radical (unpaired) electrons. The Morgan fingerprint density at radius 1 is 1.20 bits per heavy atom. The zero-order chi connectivity index (χ0) is 17.8. The Morgan fingerprint density at radius 2 is 2.00 bits per heavy atom. The fourth-order valence-corrected chi connectivity index (χ4v) is 4.18. The van der Waals surface area contributed by atoms with Gasteiger partial charge >= 0.3 is 5.97 Å². The average Bonchev–Trinajstić information content (AvgIpc) is 2.86. The van der Waals surface area contributed by atoms with Crippen LogP contribution in [0.4, 0.5) is 5.69 Å². The van der Waals surface area contributed by atoms with Gasteiger partial charge in [0.05, 0.1) is 0 Å². The number of benzene rings is 1. The summed E-state index contributed by atoms with van der Waals surface area (Å²) >= 11 is 7.39. The molecule has 0 unspecified atom stereocenters. The van der Waals surface area contributed by atoms with Crippen molar-refractivity contribution < 1.29 is 14.3 Å². The molecule has 1 atom stereocenters. The number of fused-ring (bicyclic) bond motifs is 1. The van der Waals surface area contributed by atoms with E-state index in [2.05, 4.69) is 5.32 Å². The first kappa shape index (κ1) is 18.0. The van der Waals surface area contributed by atoms with Gasteiger partial charge in [-0.15, -0.1) is 11.3 Å². The van der Waals surface area contributed by atoms with Gasteiger partial charge < -0.3 is 10.1 Å². The van der Waals surface area contributed by atoms with Crippen LogP contribution in [0.2, 0.25) is 5.02 Å². The molecule has 1 aliphatic rings. The Labute approximate surface area is 156 Å². The quantitative estimate of drug-likeness (QED) is 0.611. The Balaban J connectivity index is 1.61. The minimum Gasteiger partial charge on any atom is -0.448 e. The van der Waals surface area contributed by atoms with Crippen LogP contribution in [-0.2, 0) is 22.4 Å². The van der Waals surface area contributed by atoms with Crippen LogP contribution in [0.3, 0.4) is 0 Å². The maximum absolute atomic E-state index is 12.4. The summed E-state index contributed by atoms with van der Waals surface area (Å²) in [7, 11) is 0. The van der Waals surface area contributed by atoms with Gasteiger partial charge in [0.25, 0.3) is 5.91 Å². The minimum absolute atomic E-state index is 0.381. The van der Waals surface area contributed by atoms with Gasteiger partial charge in [-0.25, -0.2) is 4.79 Å². The van der Waals surface area contributed by atoms with Crippen LogP contribution in [0.25, 0.3) is 0 Å². The van der Waals surface area contributed by atoms with E-state index in [0.717, 1.165) is 19.3 Å². The van der Waals surface area contributed by atoms with Gasteiger partial charge in [0.15, 0.2) is 6.10 Å². The van der Waals surface area contributed by atoms with E-state index in [4.69, 9.17) is 16.3 Å². The van der Waals surface area contributed by atoms with E-state index in [9.17, 15) is 9.59 Å². The lowest BCUT2D eigenvalue weighted by Crippen LogP contribution is -2.29. The zero-order valence-corrected chi connectivity index (χ0v) is 15.6. The highest BCUT2D eigenvalue weighted by Crippen LogP contribution is 2.29. The number of hydrogen-bond donors (Lipinski definition) is 1. The Hall–Kier alpha value is -1.85. The molecule has 132 valence electrons. The highest BCUT2D eigenvalue weighted by atomic mass is 35.5. The molecule has 1 aliphatic carbocycles. The molecule has 4 nitrogen and oxygen atoms in total. The summed E-state index contributed by atoms with van der Waals surface area (Å²) in [5, 5.41) is 3.23. The fourth-order valence-electron chi connectivity index (χ4n) is 2.85. The van der Waals surface area contributed by atoms with E-state index < -0.39 is 12.1 Å². The molecule has 0 saturated heterocycles. The second-order valence-electron chi connectivity index (χ2n) is 6.17. The third-order valence-electron chi connectivity index (χ3n) is 4.19. The molecule has 1 aromatic heterocycles. The normalized spacial score (nSPS) is 15.0. The van der Waals surface area contributed by atoms with E-state index in [1.54, 1.807) is 31.2 Å². The molecule has 1 N–H and O–H groups in total. The summed E-state index contributed by atoms with van der Waals surface area (Å²) < 4.78 is 5.34. The fraction of sp³-hybridized carbons (Fsp3) is 0.368. The third kappa shape index (κ3) is 4.61. The van der Waals surface area contributed by atoms with Crippen molar-refractivity contribution >= 4 is 40.5 Å². The number of aryl methyl sites for hydroxylation is 2. The topological polar surface area (TPSA) is 55.4 Å². The van der Waals surface area contributed by atoms with Crippen LogP contribution in [-0.4, -0.2) is 18.0 Å². The second kappa shape index (κ2) is 8.02. The number of hydrogen-bond acceptors (Lipinski definition) is 4. The summed E-state index contributed by atoms with van der Waals surface area (Å²) in [6.45, 7) is 1.57. The van der Waals surface area contributed by atoms with Gasteiger partial charge in [-0.3, -0.25) is 4.79 Å². The van der Waals surface area contributed by atoms with Gasteiger partial charge in [0.2, 0.25) is 0 Å². The van der Waals surface area contributed by atoms with E-state index in [1.165, 1.54) is 34.6 Å². The summed E-state index contributed by atoms with van der Waals surface area (Å²) in [5.74, 6) is -0.819. The van der Waals surface area contributed by atoms with Crippen molar-refractivity contribution in [3.8, 4) is 0 Å². The van der Waals surface area contributed by atoms with E-state index in [1.807, 2.05) is 6.07 Å². The third-order valence-corrected chi connectivity index (χ3v) is 5.65. The lowest BCUT2D eigenvalue weighted by Gasteiger charge is -2.13. The van der Waals surface area contributed by atoms with E-state index >= 15 is 0 Å². The molecule has 0 aliphatic heterocycles. The highest BCUT2D eigenvalue weighted by molar-refractivity contribution is 7.14. The Bertz CT molecular complexity index is 763. The Kier molecular flexibility index (Phi) is 5.76. The van der Waals surface area contributed by atoms with Crippen molar-refractivity contribution in [2.75, 3.05) is 5.32 Å². The smallest absolute Gasteiger partial charge is 0.349 e. The number of anilines is 1. The molecule has 1 amide bonds. The summed E-state index contributed by atoms with van der Waals surface area (Å²) in [5.41, 5.74) is 1.83. The molecule has 1 heterocycles. The van der Waals surface area contributed by atoms with Crippen molar-refractivity contribution in [1.29, 1.82) is 0 Å². The predicted octanol–water partition coefficient (Wildman–Crippen LogP) is 4.85. The molecule has 0 bridgehead atoms. The molecule has 3 rings (SSSR count). The van der Waals surface area contributed by atoms with Gasteiger partial charge in [0, 0.05) is 15.6 Å². The Morgan fingerprint density at radius 3 is 2.80 bits per heavy atom. The summed E-state index contributed by atoms with van der Waals surface area (Å²) in [4.78, 5) is 26.4. The molecule has 0 fully saturated rings. The number of carbonyl (C=O) groups excluding carboxylic acids is 2. The van der Waals surface area contributed by atoms with Gasteiger partial charge in [-0.2, -0.15) is 0 Å². The lowest BCUT2D eigenvalue weighted by atomic mass is 10.1. The first-order valence-electron chi connectivity index (χ1n) is 8.42. The first-order chi connectivity index (χ1) is 12.0. The number of esters is 1. The highest BCUT2D eigenvalue weighted by Gasteiger charge is 2.22. The number of ether oxygens (including phenoxy) is 1. The van der Waals surface area contributed by atoms with Gasteiger partial charge in [-0.1, -0.05) is 24.1 Å². The number of rotatable bonds is 4. The number of amides is 1. The number of halogens is 1. The molecular formula is C19H20ClNO3S. The van der Waals surface area contributed by atoms with Crippen molar-refractivity contribution in [3.05, 3.63) is 50.7 Å². The summed E-state index contributed by atoms with van der Waals surface area (Å²) in [6.07, 6.45) is 4.73. The van der Waals surface area contributed by atoms with Crippen LogP contribution < -0.4 is 5.32 Å². The van der Waals surface area contributed by atoms with Crippen molar-refractivity contribution in [1.82, 2.24) is 0 Å². The molecule has 2 aromatic rings.